The highest BCUT2D eigenvalue weighted by atomic mass is 16.2. The van der Waals surface area contributed by atoms with E-state index in [1.165, 1.54) is 0 Å². The van der Waals surface area contributed by atoms with Gasteiger partial charge in [0.25, 0.3) is 0 Å². The number of nitrogens with one attached hydrogen (secondary N) is 2. The van der Waals surface area contributed by atoms with Crippen LogP contribution < -0.4 is 10.6 Å². The molecule has 0 bridgehead atoms. The van der Waals surface area contributed by atoms with Crippen molar-refractivity contribution in [3.05, 3.63) is 24.3 Å². The minimum atomic E-state index is 0.152. The van der Waals surface area contributed by atoms with E-state index in [-0.39, 0.29) is 11.8 Å². The summed E-state index contributed by atoms with van der Waals surface area (Å²) in [5.41, 5.74) is 1.58. The highest BCUT2D eigenvalue weighted by molar-refractivity contribution is 5.80. The van der Waals surface area contributed by atoms with Gasteiger partial charge in [0, 0.05) is 19.0 Å². The number of hydrogen-bond acceptors (Lipinski definition) is 5. The molecular weight excluding hydrogens is 242 g/mol. The number of nitrogens with zero attached hydrogens (tertiary/aromatic N) is 3. The van der Waals surface area contributed by atoms with Crippen molar-refractivity contribution in [1.82, 2.24) is 20.5 Å². The molecule has 0 unspecified atom stereocenters. The summed E-state index contributed by atoms with van der Waals surface area (Å²) in [6.45, 7) is 1.17. The Kier molecular flexibility index (Phi) is 3.22. The molecule has 98 valence electrons. The van der Waals surface area contributed by atoms with Gasteiger partial charge in [-0.1, -0.05) is 12.1 Å². The van der Waals surface area contributed by atoms with E-state index < -0.39 is 0 Å². The van der Waals surface area contributed by atoms with Crippen molar-refractivity contribution in [2.45, 2.75) is 12.8 Å². The van der Waals surface area contributed by atoms with E-state index in [9.17, 15) is 4.79 Å². The summed E-state index contributed by atoms with van der Waals surface area (Å²) in [6.07, 6.45) is 2.05. The van der Waals surface area contributed by atoms with Gasteiger partial charge in [-0.05, 0) is 25.0 Å². The summed E-state index contributed by atoms with van der Waals surface area (Å²) in [7, 11) is 0. The maximum absolute atomic E-state index is 11.4. The molecule has 1 aromatic carbocycles. The normalized spacial score (nSPS) is 14.3. The Bertz CT molecular complexity index is 596. The minimum absolute atomic E-state index is 0.152. The zero-order valence-electron chi connectivity index (χ0n) is 10.5. The molecule has 3 rings (SSSR count). The van der Waals surface area contributed by atoms with Crippen LogP contribution in [0.25, 0.3) is 11.0 Å². The van der Waals surface area contributed by atoms with E-state index in [0.29, 0.717) is 19.0 Å². The van der Waals surface area contributed by atoms with E-state index in [4.69, 9.17) is 0 Å². The monoisotopic (exact) mass is 257 g/mol. The quantitative estimate of drug-likeness (QED) is 0.780. The predicted octanol–water partition coefficient (Wildman–Crippen LogP) is 0.963. The molecule has 2 aromatic rings. The zero-order chi connectivity index (χ0) is 13.1. The SMILES string of the molecule is O=C(NCCNc1nnc2ccccc2n1)C1CC1. The van der Waals surface area contributed by atoms with Gasteiger partial charge in [0.15, 0.2) is 0 Å². The molecule has 1 aliphatic rings. The zero-order valence-corrected chi connectivity index (χ0v) is 10.5. The molecule has 1 amide bonds. The van der Waals surface area contributed by atoms with Crippen LogP contribution in [0.1, 0.15) is 12.8 Å². The molecule has 19 heavy (non-hydrogen) atoms. The molecule has 0 saturated heterocycles. The van der Waals surface area contributed by atoms with E-state index in [1.54, 1.807) is 0 Å². The van der Waals surface area contributed by atoms with Crippen molar-refractivity contribution in [2.24, 2.45) is 5.92 Å². The lowest BCUT2D eigenvalue weighted by Crippen LogP contribution is -2.30. The van der Waals surface area contributed by atoms with Gasteiger partial charge in [-0.15, -0.1) is 10.2 Å². The van der Waals surface area contributed by atoms with Gasteiger partial charge in [0.2, 0.25) is 11.9 Å². The molecule has 2 N–H and O–H groups in total. The maximum Gasteiger partial charge on any atom is 0.243 e. The van der Waals surface area contributed by atoms with Crippen LogP contribution in [-0.2, 0) is 4.79 Å². The van der Waals surface area contributed by atoms with Crippen molar-refractivity contribution >= 4 is 22.9 Å². The van der Waals surface area contributed by atoms with Gasteiger partial charge in [0.1, 0.15) is 5.52 Å². The summed E-state index contributed by atoms with van der Waals surface area (Å²) < 4.78 is 0. The molecule has 0 atom stereocenters. The first-order chi connectivity index (χ1) is 9.33. The summed E-state index contributed by atoms with van der Waals surface area (Å²) in [5.74, 6) is 0.886. The standard InChI is InChI=1S/C13H15N5O/c19-12(9-5-6-9)14-7-8-15-13-16-10-3-1-2-4-11(10)17-18-13/h1-4,9H,5-8H2,(H,14,19)(H,15,16,18). The Morgan fingerprint density at radius 3 is 2.74 bits per heavy atom. The fourth-order valence-electron chi connectivity index (χ4n) is 1.81. The molecule has 1 fully saturated rings. The lowest BCUT2D eigenvalue weighted by molar-refractivity contribution is -0.122. The molecular formula is C13H15N5O. The predicted molar refractivity (Wildman–Crippen MR) is 71.6 cm³/mol. The minimum Gasteiger partial charge on any atom is -0.354 e. The average molecular weight is 257 g/mol. The highest BCUT2D eigenvalue weighted by Crippen LogP contribution is 2.28. The highest BCUT2D eigenvalue weighted by Gasteiger charge is 2.28. The molecule has 1 aliphatic carbocycles. The second-order valence-electron chi connectivity index (χ2n) is 4.62. The maximum atomic E-state index is 11.4. The Labute approximate surface area is 110 Å². The number of para-hydroxylation sites is 1. The number of carbonyl (C=O) groups is 1. The third kappa shape index (κ3) is 2.96. The number of hydrogen-bond donors (Lipinski definition) is 2. The second-order valence-corrected chi connectivity index (χ2v) is 4.62. The number of anilines is 1. The molecule has 0 radical (unpaired) electrons. The summed E-state index contributed by atoms with van der Waals surface area (Å²) in [4.78, 5) is 15.8. The lowest BCUT2D eigenvalue weighted by Gasteiger charge is -2.06. The summed E-state index contributed by atoms with van der Waals surface area (Å²) >= 11 is 0. The van der Waals surface area contributed by atoms with E-state index in [2.05, 4.69) is 25.8 Å². The fraction of sp³-hybridized carbons (Fsp3) is 0.385. The number of amides is 1. The molecule has 1 saturated carbocycles. The fourth-order valence-corrected chi connectivity index (χ4v) is 1.81. The van der Waals surface area contributed by atoms with Crippen molar-refractivity contribution in [2.75, 3.05) is 18.4 Å². The van der Waals surface area contributed by atoms with Gasteiger partial charge < -0.3 is 10.6 Å². The van der Waals surface area contributed by atoms with Crippen LogP contribution in [0.3, 0.4) is 0 Å². The molecule has 6 heteroatoms. The van der Waals surface area contributed by atoms with Crippen LogP contribution in [0.15, 0.2) is 24.3 Å². The van der Waals surface area contributed by atoms with Crippen LogP contribution in [0, 0.1) is 5.92 Å². The molecule has 0 spiro atoms. The average Bonchev–Trinajstić information content (AvgIpc) is 3.28. The Morgan fingerprint density at radius 1 is 1.16 bits per heavy atom. The van der Waals surface area contributed by atoms with Crippen molar-refractivity contribution in [3.63, 3.8) is 0 Å². The topological polar surface area (TPSA) is 79.8 Å². The molecule has 6 nitrogen and oxygen atoms in total. The lowest BCUT2D eigenvalue weighted by atomic mass is 10.3. The second kappa shape index (κ2) is 5.17. The Hall–Kier alpha value is -2.24. The summed E-state index contributed by atoms with van der Waals surface area (Å²) in [5, 5.41) is 14.0. The van der Waals surface area contributed by atoms with Crippen molar-refractivity contribution in [1.29, 1.82) is 0 Å². The number of rotatable bonds is 5. The van der Waals surface area contributed by atoms with Gasteiger partial charge in [0.05, 0.1) is 5.52 Å². The number of benzene rings is 1. The van der Waals surface area contributed by atoms with Crippen LogP contribution in [0.4, 0.5) is 5.95 Å². The molecule has 0 aliphatic heterocycles. The van der Waals surface area contributed by atoms with E-state index in [1.807, 2.05) is 24.3 Å². The number of carbonyl (C=O) groups excluding carboxylic acids is 1. The first-order valence-corrected chi connectivity index (χ1v) is 6.44. The largest absolute Gasteiger partial charge is 0.354 e. The number of aromatic nitrogens is 3. The first kappa shape index (κ1) is 11.8. The molecule has 1 heterocycles. The van der Waals surface area contributed by atoms with Crippen LogP contribution in [0.2, 0.25) is 0 Å². The third-order valence-corrected chi connectivity index (χ3v) is 3.02. The molecule has 1 aromatic heterocycles. The third-order valence-electron chi connectivity index (χ3n) is 3.02. The van der Waals surface area contributed by atoms with Crippen LogP contribution >= 0.6 is 0 Å². The van der Waals surface area contributed by atoms with Crippen molar-refractivity contribution < 1.29 is 4.79 Å². The van der Waals surface area contributed by atoms with E-state index in [0.717, 1.165) is 23.9 Å². The van der Waals surface area contributed by atoms with Gasteiger partial charge in [-0.3, -0.25) is 4.79 Å². The Balaban J connectivity index is 1.51. The van der Waals surface area contributed by atoms with Crippen LogP contribution in [-0.4, -0.2) is 34.2 Å². The Morgan fingerprint density at radius 2 is 1.95 bits per heavy atom. The van der Waals surface area contributed by atoms with Crippen molar-refractivity contribution in [3.8, 4) is 0 Å². The van der Waals surface area contributed by atoms with Gasteiger partial charge in [-0.2, -0.15) is 0 Å². The number of fused-ring (bicyclic) bond motifs is 1. The van der Waals surface area contributed by atoms with Gasteiger partial charge >= 0.3 is 0 Å². The van der Waals surface area contributed by atoms with Gasteiger partial charge in [-0.25, -0.2) is 4.98 Å². The van der Waals surface area contributed by atoms with E-state index >= 15 is 0 Å². The summed E-state index contributed by atoms with van der Waals surface area (Å²) in [6, 6.07) is 7.58. The smallest absolute Gasteiger partial charge is 0.243 e. The van der Waals surface area contributed by atoms with Crippen LogP contribution in [0.5, 0.6) is 0 Å². The first-order valence-electron chi connectivity index (χ1n) is 6.44.